The molecule has 0 radical (unpaired) electrons. The zero-order valence-corrected chi connectivity index (χ0v) is 21.8. The van der Waals surface area contributed by atoms with Gasteiger partial charge in [-0.1, -0.05) is 66.5 Å². The van der Waals surface area contributed by atoms with Gasteiger partial charge in [0, 0.05) is 33.3 Å². The summed E-state index contributed by atoms with van der Waals surface area (Å²) < 4.78 is 16.0. The molecule has 35 heavy (non-hydrogen) atoms. The summed E-state index contributed by atoms with van der Waals surface area (Å²) in [5.74, 6) is 0.209. The lowest BCUT2D eigenvalue weighted by Gasteiger charge is -2.36. The van der Waals surface area contributed by atoms with E-state index in [-0.39, 0.29) is 24.3 Å². The van der Waals surface area contributed by atoms with E-state index in [4.69, 9.17) is 23.2 Å². The third-order valence-electron chi connectivity index (χ3n) is 6.98. The standard InChI is InChI=1S/C29H26Cl2FNOS/c1-18-6-13-23(14-7-18)33(29(34)28-27(31)24-4-2-3-5-26(24)35-28)17-21-16-20(10-15-25(21)32)19-8-11-22(30)12-9-19/h2-5,8-12,15-16,18,23H,6-7,13-14,17H2,1H3/t18-,23-. The average molecular weight is 527 g/mol. The van der Waals surface area contributed by atoms with Crippen LogP contribution in [0.2, 0.25) is 10.0 Å². The van der Waals surface area contributed by atoms with Crippen LogP contribution >= 0.6 is 34.5 Å². The molecule has 1 aliphatic rings. The lowest BCUT2D eigenvalue weighted by atomic mass is 9.86. The molecule has 0 bridgehead atoms. The summed E-state index contributed by atoms with van der Waals surface area (Å²) in [7, 11) is 0. The van der Waals surface area contributed by atoms with Crippen LogP contribution in [0.25, 0.3) is 21.2 Å². The van der Waals surface area contributed by atoms with E-state index in [0.29, 0.717) is 26.4 Å². The molecule has 1 heterocycles. The first-order chi connectivity index (χ1) is 16.9. The fourth-order valence-corrected chi connectivity index (χ4v) is 6.50. The SMILES string of the molecule is C[C@H]1CC[C@H](N(Cc2cc(-c3ccc(Cl)cc3)ccc2F)C(=O)c2sc3ccccc3c2Cl)CC1. The molecular formula is C29H26Cl2FNOS. The van der Waals surface area contributed by atoms with Gasteiger partial charge in [-0.05, 0) is 73.1 Å². The number of nitrogens with zero attached hydrogens (tertiary/aromatic N) is 1. The quantitative estimate of drug-likeness (QED) is 0.254. The molecule has 3 aromatic carbocycles. The predicted molar refractivity (Wildman–Crippen MR) is 145 cm³/mol. The number of hydrogen-bond acceptors (Lipinski definition) is 2. The zero-order valence-electron chi connectivity index (χ0n) is 19.4. The third kappa shape index (κ3) is 5.11. The lowest BCUT2D eigenvalue weighted by molar-refractivity contribution is 0.0596. The number of fused-ring (bicyclic) bond motifs is 1. The highest BCUT2D eigenvalue weighted by molar-refractivity contribution is 7.21. The summed E-state index contributed by atoms with van der Waals surface area (Å²) in [5.41, 5.74) is 2.34. The van der Waals surface area contributed by atoms with Crippen LogP contribution in [-0.4, -0.2) is 16.8 Å². The first-order valence-corrected chi connectivity index (χ1v) is 13.5. The Morgan fingerprint density at radius 3 is 2.37 bits per heavy atom. The van der Waals surface area contributed by atoms with E-state index in [1.54, 1.807) is 6.07 Å². The Morgan fingerprint density at radius 1 is 0.971 bits per heavy atom. The van der Waals surface area contributed by atoms with Crippen molar-refractivity contribution in [2.24, 2.45) is 5.92 Å². The number of rotatable bonds is 5. The van der Waals surface area contributed by atoms with Gasteiger partial charge in [-0.3, -0.25) is 4.79 Å². The van der Waals surface area contributed by atoms with E-state index in [2.05, 4.69) is 6.92 Å². The number of carbonyl (C=O) groups is 1. The highest BCUT2D eigenvalue weighted by atomic mass is 35.5. The second kappa shape index (κ2) is 10.3. The Morgan fingerprint density at radius 2 is 1.66 bits per heavy atom. The fraction of sp³-hybridized carbons (Fsp3) is 0.276. The Balaban J connectivity index is 1.51. The maximum absolute atomic E-state index is 15.1. The van der Waals surface area contributed by atoms with Gasteiger partial charge >= 0.3 is 0 Å². The number of halogens is 3. The Labute approximate surface area is 219 Å². The monoisotopic (exact) mass is 525 g/mol. The normalized spacial score (nSPS) is 18.1. The minimum atomic E-state index is -0.313. The average Bonchev–Trinajstić information content (AvgIpc) is 3.21. The molecular weight excluding hydrogens is 500 g/mol. The van der Waals surface area contributed by atoms with E-state index >= 15 is 4.39 Å². The molecule has 4 aromatic rings. The molecule has 0 saturated heterocycles. The largest absolute Gasteiger partial charge is 0.330 e. The highest BCUT2D eigenvalue weighted by Crippen LogP contribution is 2.38. The first kappa shape index (κ1) is 24.3. The van der Waals surface area contributed by atoms with Crippen molar-refractivity contribution >= 4 is 50.5 Å². The van der Waals surface area contributed by atoms with Crippen molar-refractivity contribution in [3.05, 3.63) is 93.0 Å². The second-order valence-corrected chi connectivity index (χ2v) is 11.3. The van der Waals surface area contributed by atoms with Gasteiger partial charge in [0.1, 0.15) is 10.7 Å². The molecule has 1 saturated carbocycles. The van der Waals surface area contributed by atoms with Gasteiger partial charge in [-0.2, -0.15) is 0 Å². The van der Waals surface area contributed by atoms with Gasteiger partial charge < -0.3 is 4.90 Å². The van der Waals surface area contributed by atoms with E-state index in [0.717, 1.165) is 46.9 Å². The van der Waals surface area contributed by atoms with Crippen molar-refractivity contribution in [1.82, 2.24) is 4.90 Å². The molecule has 0 unspecified atom stereocenters. The molecule has 1 aromatic heterocycles. The van der Waals surface area contributed by atoms with Gasteiger partial charge in [0.05, 0.1) is 5.02 Å². The van der Waals surface area contributed by atoms with Crippen LogP contribution in [0.4, 0.5) is 4.39 Å². The van der Waals surface area contributed by atoms with Gasteiger partial charge in [0.15, 0.2) is 0 Å². The molecule has 2 nitrogen and oxygen atoms in total. The Kier molecular flexibility index (Phi) is 7.15. The number of hydrogen-bond donors (Lipinski definition) is 0. The summed E-state index contributed by atoms with van der Waals surface area (Å²) in [6.45, 7) is 2.45. The molecule has 6 heteroatoms. The zero-order chi connectivity index (χ0) is 24.5. The predicted octanol–water partition coefficient (Wildman–Crippen LogP) is 9.24. The molecule has 0 aliphatic heterocycles. The van der Waals surface area contributed by atoms with Gasteiger partial charge in [0.25, 0.3) is 5.91 Å². The van der Waals surface area contributed by atoms with Crippen LogP contribution in [-0.2, 0) is 6.54 Å². The second-order valence-electron chi connectivity index (χ2n) is 9.40. The van der Waals surface area contributed by atoms with Crippen LogP contribution in [0.1, 0.15) is 47.8 Å². The summed E-state index contributed by atoms with van der Waals surface area (Å²) >= 11 is 14.1. The van der Waals surface area contributed by atoms with Crippen molar-refractivity contribution in [2.75, 3.05) is 0 Å². The summed E-state index contributed by atoms with van der Waals surface area (Å²) in [6.07, 6.45) is 3.94. The minimum absolute atomic E-state index is 0.0542. The van der Waals surface area contributed by atoms with E-state index in [1.165, 1.54) is 17.4 Å². The molecule has 1 fully saturated rings. The van der Waals surface area contributed by atoms with Crippen LogP contribution in [0.15, 0.2) is 66.7 Å². The molecule has 0 N–H and O–H groups in total. The molecule has 0 atom stereocenters. The van der Waals surface area contributed by atoms with Crippen LogP contribution in [0.3, 0.4) is 0 Å². The van der Waals surface area contributed by atoms with Crippen molar-refractivity contribution in [3.63, 3.8) is 0 Å². The number of amides is 1. The summed E-state index contributed by atoms with van der Waals surface area (Å²) in [6, 6.07) is 20.4. The van der Waals surface area contributed by atoms with E-state index < -0.39 is 0 Å². The molecule has 1 amide bonds. The minimum Gasteiger partial charge on any atom is -0.330 e. The van der Waals surface area contributed by atoms with Crippen LogP contribution in [0, 0.1) is 11.7 Å². The maximum Gasteiger partial charge on any atom is 0.266 e. The molecule has 180 valence electrons. The van der Waals surface area contributed by atoms with Gasteiger partial charge in [0.2, 0.25) is 0 Å². The van der Waals surface area contributed by atoms with Crippen LogP contribution in [0.5, 0.6) is 0 Å². The lowest BCUT2D eigenvalue weighted by Crippen LogP contribution is -2.41. The Bertz CT molecular complexity index is 1360. The van der Waals surface area contributed by atoms with Gasteiger partial charge in [-0.15, -0.1) is 11.3 Å². The number of thiophene rings is 1. The fourth-order valence-electron chi connectivity index (χ4n) is 4.90. The third-order valence-corrected chi connectivity index (χ3v) is 8.90. The highest BCUT2D eigenvalue weighted by Gasteiger charge is 2.31. The smallest absolute Gasteiger partial charge is 0.266 e. The van der Waals surface area contributed by atoms with Crippen molar-refractivity contribution in [2.45, 2.75) is 45.2 Å². The summed E-state index contributed by atoms with van der Waals surface area (Å²) in [5, 5.41) is 2.02. The van der Waals surface area contributed by atoms with Crippen LogP contribution < -0.4 is 0 Å². The topological polar surface area (TPSA) is 20.3 Å². The first-order valence-electron chi connectivity index (χ1n) is 11.9. The molecule has 5 rings (SSSR count). The number of carbonyl (C=O) groups excluding carboxylic acids is 1. The molecule has 0 spiro atoms. The van der Waals surface area contributed by atoms with Crippen molar-refractivity contribution < 1.29 is 9.18 Å². The van der Waals surface area contributed by atoms with E-state index in [1.807, 2.05) is 59.5 Å². The van der Waals surface area contributed by atoms with Crippen molar-refractivity contribution in [1.29, 1.82) is 0 Å². The maximum atomic E-state index is 15.1. The van der Waals surface area contributed by atoms with E-state index in [9.17, 15) is 4.79 Å². The van der Waals surface area contributed by atoms with Gasteiger partial charge in [-0.25, -0.2) is 4.39 Å². The van der Waals surface area contributed by atoms with Crippen molar-refractivity contribution in [3.8, 4) is 11.1 Å². The molecule has 1 aliphatic carbocycles. The Hall–Kier alpha value is -2.40. The number of benzene rings is 3. The summed E-state index contributed by atoms with van der Waals surface area (Å²) in [4.78, 5) is 16.3.